The first-order valence-electron chi connectivity index (χ1n) is 3.60. The lowest BCUT2D eigenvalue weighted by molar-refractivity contribution is 0.800. The summed E-state index contributed by atoms with van der Waals surface area (Å²) in [7, 11) is 0. The molecule has 1 aliphatic carbocycles. The second-order valence-electron chi connectivity index (χ2n) is 2.84. The van der Waals surface area contributed by atoms with Crippen LogP contribution >= 0.6 is 0 Å². The molecule has 1 fully saturated rings. The molecule has 1 saturated carbocycles. The van der Waals surface area contributed by atoms with Crippen LogP contribution in [0.4, 0.5) is 0 Å². The van der Waals surface area contributed by atoms with Gasteiger partial charge in [-0.25, -0.2) is 4.98 Å². The Hall–Kier alpha value is -0.830. The van der Waals surface area contributed by atoms with Crippen molar-refractivity contribution in [3.63, 3.8) is 0 Å². The highest BCUT2D eigenvalue weighted by Gasteiger charge is 2.37. The molecule has 0 saturated heterocycles. The maximum atomic E-state index is 5.50. The molecule has 0 aliphatic heterocycles. The van der Waals surface area contributed by atoms with E-state index in [4.69, 9.17) is 5.73 Å². The van der Waals surface area contributed by atoms with E-state index in [0.717, 1.165) is 6.54 Å². The van der Waals surface area contributed by atoms with Gasteiger partial charge in [-0.1, -0.05) is 0 Å². The number of aromatic amines is 1. The summed E-state index contributed by atoms with van der Waals surface area (Å²) in [6, 6.07) is 0. The normalized spacial score (nSPS) is 30.5. The Labute approximate surface area is 59.7 Å². The maximum Gasteiger partial charge on any atom is 0.0921 e. The van der Waals surface area contributed by atoms with Crippen LogP contribution in [0.2, 0.25) is 0 Å². The van der Waals surface area contributed by atoms with Gasteiger partial charge in [-0.05, 0) is 18.9 Å². The van der Waals surface area contributed by atoms with Gasteiger partial charge in [0, 0.05) is 17.8 Å². The Bertz CT molecular complexity index is 205. The van der Waals surface area contributed by atoms with Crippen LogP contribution in [0.25, 0.3) is 0 Å². The average molecular weight is 137 g/mol. The number of nitrogens with one attached hydrogen (secondary N) is 1. The molecular weight excluding hydrogens is 126 g/mol. The van der Waals surface area contributed by atoms with E-state index in [0.29, 0.717) is 11.8 Å². The summed E-state index contributed by atoms with van der Waals surface area (Å²) in [6.45, 7) is 0.809. The molecule has 0 radical (unpaired) electrons. The van der Waals surface area contributed by atoms with Crippen molar-refractivity contribution in [3.05, 3.63) is 18.2 Å². The van der Waals surface area contributed by atoms with Gasteiger partial charge in [0.1, 0.15) is 0 Å². The van der Waals surface area contributed by atoms with Gasteiger partial charge in [-0.15, -0.1) is 0 Å². The summed E-state index contributed by atoms with van der Waals surface area (Å²) in [6.07, 6.45) is 4.85. The summed E-state index contributed by atoms with van der Waals surface area (Å²) in [5.41, 5.74) is 6.74. The van der Waals surface area contributed by atoms with Crippen molar-refractivity contribution in [1.29, 1.82) is 0 Å². The minimum atomic E-state index is 0.674. The SMILES string of the molecule is NC[C@H]1C[C@H]1c1cnc[nH]1. The van der Waals surface area contributed by atoms with Crippen LogP contribution in [0.3, 0.4) is 0 Å². The molecule has 1 aromatic rings. The summed E-state index contributed by atoms with van der Waals surface area (Å²) in [5.74, 6) is 1.38. The number of imidazole rings is 1. The summed E-state index contributed by atoms with van der Waals surface area (Å²) in [4.78, 5) is 7.05. The van der Waals surface area contributed by atoms with Crippen LogP contribution in [-0.4, -0.2) is 16.5 Å². The van der Waals surface area contributed by atoms with Gasteiger partial charge in [0.2, 0.25) is 0 Å². The lowest BCUT2D eigenvalue weighted by atomic mass is 10.2. The van der Waals surface area contributed by atoms with Crippen LogP contribution in [0.15, 0.2) is 12.5 Å². The van der Waals surface area contributed by atoms with Gasteiger partial charge in [0.25, 0.3) is 0 Å². The molecule has 10 heavy (non-hydrogen) atoms. The zero-order valence-electron chi connectivity index (χ0n) is 5.75. The van der Waals surface area contributed by atoms with Crippen LogP contribution in [0.5, 0.6) is 0 Å². The smallest absolute Gasteiger partial charge is 0.0921 e. The molecule has 54 valence electrons. The molecule has 0 unspecified atom stereocenters. The quantitative estimate of drug-likeness (QED) is 0.622. The van der Waals surface area contributed by atoms with Gasteiger partial charge in [-0.3, -0.25) is 0 Å². The first-order valence-corrected chi connectivity index (χ1v) is 3.60. The van der Waals surface area contributed by atoms with Crippen LogP contribution < -0.4 is 5.73 Å². The van der Waals surface area contributed by atoms with Crippen LogP contribution in [0.1, 0.15) is 18.0 Å². The number of rotatable bonds is 2. The van der Waals surface area contributed by atoms with E-state index in [-0.39, 0.29) is 0 Å². The van der Waals surface area contributed by atoms with Crippen molar-refractivity contribution in [2.75, 3.05) is 6.54 Å². The third-order valence-corrected chi connectivity index (χ3v) is 2.14. The van der Waals surface area contributed by atoms with E-state index < -0.39 is 0 Å². The third-order valence-electron chi connectivity index (χ3n) is 2.14. The zero-order chi connectivity index (χ0) is 6.97. The van der Waals surface area contributed by atoms with Crippen molar-refractivity contribution in [2.24, 2.45) is 11.7 Å². The highest BCUT2D eigenvalue weighted by atomic mass is 14.9. The van der Waals surface area contributed by atoms with Gasteiger partial charge >= 0.3 is 0 Å². The zero-order valence-corrected chi connectivity index (χ0v) is 5.75. The second kappa shape index (κ2) is 2.09. The Balaban J connectivity index is 2.05. The standard InChI is InChI=1S/C7H11N3/c8-2-5-1-6(5)7-3-9-4-10-7/h3-6H,1-2,8H2,(H,9,10)/t5-,6-/m1/s1. The molecule has 0 aromatic carbocycles. The highest BCUT2D eigenvalue weighted by molar-refractivity contribution is 5.14. The van der Waals surface area contributed by atoms with E-state index in [2.05, 4.69) is 9.97 Å². The lowest BCUT2D eigenvalue weighted by Crippen LogP contribution is -2.01. The molecule has 2 atom stereocenters. The average Bonchev–Trinajstić information content (AvgIpc) is 2.56. The lowest BCUT2D eigenvalue weighted by Gasteiger charge is -1.90. The summed E-state index contributed by atoms with van der Waals surface area (Å²) in [5, 5.41) is 0. The van der Waals surface area contributed by atoms with E-state index in [1.54, 1.807) is 6.33 Å². The molecule has 1 aliphatic rings. The number of nitrogens with two attached hydrogens (primary N) is 1. The van der Waals surface area contributed by atoms with Crippen molar-refractivity contribution in [3.8, 4) is 0 Å². The predicted molar refractivity (Wildman–Crippen MR) is 38.5 cm³/mol. The Kier molecular flexibility index (Phi) is 1.24. The van der Waals surface area contributed by atoms with E-state index in [1.165, 1.54) is 12.1 Å². The van der Waals surface area contributed by atoms with E-state index >= 15 is 0 Å². The Morgan fingerprint density at radius 2 is 2.70 bits per heavy atom. The molecular formula is C7H11N3. The molecule has 0 spiro atoms. The molecule has 3 N–H and O–H groups in total. The van der Waals surface area contributed by atoms with Crippen molar-refractivity contribution >= 4 is 0 Å². The predicted octanol–water partition coefficient (Wildman–Crippen LogP) is 0.472. The molecule has 1 aromatic heterocycles. The fourth-order valence-electron chi connectivity index (χ4n) is 1.36. The highest BCUT2D eigenvalue weighted by Crippen LogP contribution is 2.45. The van der Waals surface area contributed by atoms with E-state index in [9.17, 15) is 0 Å². The van der Waals surface area contributed by atoms with Crippen LogP contribution in [0, 0.1) is 5.92 Å². The monoisotopic (exact) mass is 137 g/mol. The van der Waals surface area contributed by atoms with Crippen molar-refractivity contribution < 1.29 is 0 Å². The largest absolute Gasteiger partial charge is 0.348 e. The number of aromatic nitrogens is 2. The van der Waals surface area contributed by atoms with Gasteiger partial charge in [0.05, 0.1) is 6.33 Å². The second-order valence-corrected chi connectivity index (χ2v) is 2.84. The fraction of sp³-hybridized carbons (Fsp3) is 0.571. The van der Waals surface area contributed by atoms with Gasteiger partial charge in [-0.2, -0.15) is 0 Å². The Morgan fingerprint density at radius 1 is 1.80 bits per heavy atom. The molecule has 0 amide bonds. The summed E-state index contributed by atoms with van der Waals surface area (Å²) < 4.78 is 0. The van der Waals surface area contributed by atoms with Gasteiger partial charge in [0.15, 0.2) is 0 Å². The molecule has 3 nitrogen and oxygen atoms in total. The number of H-pyrrole nitrogens is 1. The molecule has 1 heterocycles. The maximum absolute atomic E-state index is 5.50. The van der Waals surface area contributed by atoms with Crippen molar-refractivity contribution in [2.45, 2.75) is 12.3 Å². The molecule has 0 bridgehead atoms. The van der Waals surface area contributed by atoms with E-state index in [1.807, 2.05) is 6.20 Å². The van der Waals surface area contributed by atoms with Gasteiger partial charge < -0.3 is 10.7 Å². The number of hydrogen-bond donors (Lipinski definition) is 2. The topological polar surface area (TPSA) is 54.7 Å². The third kappa shape index (κ3) is 0.827. The number of hydrogen-bond acceptors (Lipinski definition) is 2. The van der Waals surface area contributed by atoms with Crippen LogP contribution in [-0.2, 0) is 0 Å². The number of nitrogens with zero attached hydrogens (tertiary/aromatic N) is 1. The Morgan fingerprint density at radius 3 is 3.20 bits per heavy atom. The van der Waals surface area contributed by atoms with Crippen molar-refractivity contribution in [1.82, 2.24) is 9.97 Å². The minimum Gasteiger partial charge on any atom is -0.348 e. The minimum absolute atomic E-state index is 0.674. The molecule has 3 heteroatoms. The fourth-order valence-corrected chi connectivity index (χ4v) is 1.36. The first kappa shape index (κ1) is 5.92. The first-order chi connectivity index (χ1) is 4.92. The summed E-state index contributed by atoms with van der Waals surface area (Å²) >= 11 is 0. The molecule has 2 rings (SSSR count).